The van der Waals surface area contributed by atoms with E-state index in [-0.39, 0.29) is 11.4 Å². The molecule has 1 saturated heterocycles. The molecule has 5 fully saturated rings. The van der Waals surface area contributed by atoms with Gasteiger partial charge in [-0.1, -0.05) is 0 Å². The third kappa shape index (κ3) is 3.78. The molecule has 1 aliphatic heterocycles. The SMILES string of the molecule is C[C@]12CCCCC1CC[C@H]1[C@H]3CC[C@H](C4CCC(=O)OC4)[C@@]3(C[Se](=O)c3ccccc3)CC[C@@H]12. The van der Waals surface area contributed by atoms with E-state index in [2.05, 4.69) is 19.1 Å². The zero-order valence-corrected chi connectivity index (χ0v) is 22.6. The first-order valence-corrected chi connectivity index (χ1v) is 16.9. The van der Waals surface area contributed by atoms with Crippen molar-refractivity contribution in [3.8, 4) is 0 Å². The van der Waals surface area contributed by atoms with Gasteiger partial charge in [0.15, 0.2) is 0 Å². The Labute approximate surface area is 209 Å². The second-order valence-corrected chi connectivity index (χ2v) is 15.7. The molecule has 0 bridgehead atoms. The Morgan fingerprint density at radius 3 is 2.53 bits per heavy atom. The Balaban J connectivity index is 1.33. The zero-order valence-electron chi connectivity index (χ0n) is 20.9. The fourth-order valence-corrected chi connectivity index (χ4v) is 13.6. The van der Waals surface area contributed by atoms with Crippen molar-refractivity contribution < 1.29 is 13.4 Å². The van der Waals surface area contributed by atoms with Crippen LogP contribution in [0.15, 0.2) is 30.3 Å². The van der Waals surface area contributed by atoms with Crippen LogP contribution >= 0.6 is 0 Å². The van der Waals surface area contributed by atoms with Crippen molar-refractivity contribution in [2.75, 3.05) is 6.61 Å². The summed E-state index contributed by atoms with van der Waals surface area (Å²) >= 11 is -2.11. The number of benzene rings is 1. The molecule has 9 atom stereocenters. The number of esters is 1. The van der Waals surface area contributed by atoms with Gasteiger partial charge in [-0.05, 0) is 0 Å². The maximum absolute atomic E-state index is 13.9. The number of hydrogen-bond donors (Lipinski definition) is 0. The van der Waals surface area contributed by atoms with E-state index in [1.165, 1.54) is 64.2 Å². The number of rotatable bonds is 4. The van der Waals surface area contributed by atoms with Crippen LogP contribution in [0.25, 0.3) is 0 Å². The van der Waals surface area contributed by atoms with Crippen molar-refractivity contribution in [3.05, 3.63) is 30.3 Å². The van der Waals surface area contributed by atoms with E-state index in [9.17, 15) is 8.63 Å². The summed E-state index contributed by atoms with van der Waals surface area (Å²) < 4.78 is 20.6. The molecular weight excluding hydrogens is 487 g/mol. The van der Waals surface area contributed by atoms with Crippen LogP contribution in [0.1, 0.15) is 84.0 Å². The standard InChI is InChI=1S/C30H42O3Se/c1-29-17-6-5-7-22(29)11-12-24-26(29)16-18-30(20-34(32)23-8-3-2-4-9-23)25(13-14-27(24)30)21-10-15-28(31)33-19-21/h2-4,8-9,21-22,24-27H,5-7,10-20H2,1H3/t21?,22?,24-,25-,26+,27-,29+,30+,34?/m1/s1. The van der Waals surface area contributed by atoms with Gasteiger partial charge >= 0.3 is 210 Å². The Bertz CT molecular complexity index is 920. The molecule has 1 aromatic rings. The molecule has 0 N–H and O–H groups in total. The Morgan fingerprint density at radius 2 is 1.74 bits per heavy atom. The quantitative estimate of drug-likeness (QED) is 0.340. The van der Waals surface area contributed by atoms with Crippen LogP contribution in [0.4, 0.5) is 0 Å². The summed E-state index contributed by atoms with van der Waals surface area (Å²) in [6, 6.07) is 10.3. The molecule has 34 heavy (non-hydrogen) atoms. The molecular formula is C30H42O3Se. The summed E-state index contributed by atoms with van der Waals surface area (Å²) in [5, 5.41) is 0.903. The van der Waals surface area contributed by atoms with Crippen molar-refractivity contribution in [1.29, 1.82) is 0 Å². The molecule has 3 unspecified atom stereocenters. The molecule has 0 aromatic heterocycles. The van der Waals surface area contributed by atoms with Gasteiger partial charge in [0, 0.05) is 0 Å². The molecule has 4 heteroatoms. The first-order valence-electron chi connectivity index (χ1n) is 14.1. The number of hydrogen-bond acceptors (Lipinski definition) is 3. The van der Waals surface area contributed by atoms with Crippen molar-refractivity contribution in [2.45, 2.75) is 89.3 Å². The van der Waals surface area contributed by atoms with E-state index in [0.717, 1.165) is 39.9 Å². The summed E-state index contributed by atoms with van der Waals surface area (Å²) in [5.74, 6) is 4.37. The topological polar surface area (TPSA) is 43.4 Å². The fourth-order valence-electron chi connectivity index (χ4n) is 10.0. The molecule has 0 spiro atoms. The van der Waals surface area contributed by atoms with E-state index in [4.69, 9.17) is 4.74 Å². The minimum absolute atomic E-state index is 0.0217. The number of carbonyl (C=O) groups excluding carboxylic acids is 1. The average molecular weight is 530 g/mol. The molecule has 1 heterocycles. The second kappa shape index (κ2) is 9.15. The summed E-state index contributed by atoms with van der Waals surface area (Å²) in [4.78, 5) is 11.8. The van der Waals surface area contributed by atoms with Crippen LogP contribution in [0.2, 0.25) is 5.32 Å². The normalized spacial score (nSPS) is 44.9. The molecule has 0 radical (unpaired) electrons. The van der Waals surface area contributed by atoms with Crippen LogP contribution in [0.3, 0.4) is 0 Å². The Morgan fingerprint density at radius 1 is 0.912 bits per heavy atom. The van der Waals surface area contributed by atoms with Gasteiger partial charge in [-0.25, -0.2) is 0 Å². The molecule has 3 nitrogen and oxygen atoms in total. The second-order valence-electron chi connectivity index (χ2n) is 12.6. The zero-order chi connectivity index (χ0) is 23.3. The molecule has 4 aliphatic carbocycles. The van der Waals surface area contributed by atoms with Crippen molar-refractivity contribution >= 4 is 24.3 Å². The minimum atomic E-state index is -2.11. The number of carbonyl (C=O) groups is 1. The summed E-state index contributed by atoms with van der Waals surface area (Å²) in [6.07, 6.45) is 15.3. The van der Waals surface area contributed by atoms with Crippen LogP contribution in [-0.2, 0) is 13.4 Å². The maximum atomic E-state index is 13.9. The summed E-state index contributed by atoms with van der Waals surface area (Å²) in [6.45, 7) is 3.25. The predicted molar refractivity (Wildman–Crippen MR) is 135 cm³/mol. The van der Waals surface area contributed by atoms with Gasteiger partial charge in [0.2, 0.25) is 0 Å². The molecule has 0 amide bonds. The molecule has 6 rings (SSSR count). The predicted octanol–water partition coefficient (Wildman–Crippen LogP) is 6.30. The number of fused-ring (bicyclic) bond motifs is 5. The van der Waals surface area contributed by atoms with Gasteiger partial charge in [-0.3, -0.25) is 0 Å². The van der Waals surface area contributed by atoms with Crippen LogP contribution in [-0.4, -0.2) is 26.4 Å². The average Bonchev–Trinajstić information content (AvgIpc) is 3.24. The fraction of sp³-hybridized carbons (Fsp3) is 0.767. The molecule has 4 saturated carbocycles. The van der Waals surface area contributed by atoms with E-state index < -0.39 is 13.8 Å². The first kappa shape index (κ1) is 23.4. The number of ether oxygens (including phenoxy) is 1. The van der Waals surface area contributed by atoms with Gasteiger partial charge in [-0.15, -0.1) is 0 Å². The summed E-state index contributed by atoms with van der Waals surface area (Å²) in [7, 11) is 0. The molecule has 5 aliphatic rings. The van der Waals surface area contributed by atoms with Crippen LogP contribution < -0.4 is 4.46 Å². The van der Waals surface area contributed by atoms with E-state index in [1.54, 1.807) is 0 Å². The van der Waals surface area contributed by atoms with Gasteiger partial charge in [0.05, 0.1) is 0 Å². The van der Waals surface area contributed by atoms with E-state index in [1.807, 2.05) is 18.2 Å². The van der Waals surface area contributed by atoms with Crippen molar-refractivity contribution in [3.63, 3.8) is 0 Å². The van der Waals surface area contributed by atoms with Gasteiger partial charge < -0.3 is 0 Å². The van der Waals surface area contributed by atoms with E-state index in [0.29, 0.717) is 30.3 Å². The Kier molecular flexibility index (Phi) is 6.30. The number of cyclic esters (lactones) is 1. The third-order valence-electron chi connectivity index (χ3n) is 11.5. The van der Waals surface area contributed by atoms with Crippen LogP contribution in [0.5, 0.6) is 0 Å². The van der Waals surface area contributed by atoms with Crippen LogP contribution in [0, 0.1) is 46.3 Å². The van der Waals surface area contributed by atoms with Crippen molar-refractivity contribution in [1.82, 2.24) is 0 Å². The van der Waals surface area contributed by atoms with Gasteiger partial charge in [-0.2, -0.15) is 0 Å². The van der Waals surface area contributed by atoms with Gasteiger partial charge in [0.25, 0.3) is 0 Å². The Hall–Kier alpha value is -0.991. The molecule has 186 valence electrons. The van der Waals surface area contributed by atoms with Gasteiger partial charge in [0.1, 0.15) is 0 Å². The van der Waals surface area contributed by atoms with Crippen molar-refractivity contribution in [2.24, 2.45) is 46.3 Å². The summed E-state index contributed by atoms with van der Waals surface area (Å²) in [5.41, 5.74) is 0.730. The van der Waals surface area contributed by atoms with E-state index >= 15 is 0 Å². The molecule has 1 aromatic carbocycles. The monoisotopic (exact) mass is 530 g/mol. The first-order chi connectivity index (χ1) is 16.5. The third-order valence-corrected chi connectivity index (χ3v) is 14.9.